The lowest BCUT2D eigenvalue weighted by molar-refractivity contribution is -0.270. The van der Waals surface area contributed by atoms with Gasteiger partial charge in [-0.1, -0.05) is 13.8 Å². The van der Waals surface area contributed by atoms with Gasteiger partial charge in [-0.3, -0.25) is 4.79 Å². The molecule has 2 atom stereocenters. The molecule has 0 amide bonds. The summed E-state index contributed by atoms with van der Waals surface area (Å²) in [4.78, 5) is 17.3. The summed E-state index contributed by atoms with van der Waals surface area (Å²) >= 11 is 0. The van der Waals surface area contributed by atoms with Gasteiger partial charge in [0.25, 0.3) is 0 Å². The molecule has 0 aliphatic carbocycles. The summed E-state index contributed by atoms with van der Waals surface area (Å²) < 4.78 is 74.4. The fourth-order valence-corrected chi connectivity index (χ4v) is 4.74. The van der Waals surface area contributed by atoms with Gasteiger partial charge in [-0.15, -0.1) is 0 Å². The fraction of sp³-hybridized carbons (Fsp3) is 0.419. The Kier molecular flexibility index (Phi) is 8.57. The number of aliphatic hydroxyl groups is 2. The Hall–Kier alpha value is -3.70. The van der Waals surface area contributed by atoms with E-state index in [0.717, 1.165) is 0 Å². The Labute approximate surface area is 241 Å². The minimum atomic E-state index is -5.19. The van der Waals surface area contributed by atoms with Crippen molar-refractivity contribution in [2.45, 2.75) is 63.8 Å². The number of benzene rings is 2. The number of nitrogens with zero attached hydrogens (tertiary/aromatic N) is 1. The second-order valence-electron chi connectivity index (χ2n) is 11.2. The van der Waals surface area contributed by atoms with Crippen LogP contribution in [-0.4, -0.2) is 53.6 Å². The van der Waals surface area contributed by atoms with Gasteiger partial charge in [-0.25, -0.2) is 9.37 Å². The third-order valence-corrected chi connectivity index (χ3v) is 7.28. The first kappa shape index (κ1) is 31.2. The number of fused-ring (bicyclic) bond motifs is 1. The van der Waals surface area contributed by atoms with Crippen molar-refractivity contribution in [3.8, 4) is 28.5 Å². The van der Waals surface area contributed by atoms with Crippen LogP contribution >= 0.6 is 0 Å². The van der Waals surface area contributed by atoms with Crippen molar-refractivity contribution in [2.24, 2.45) is 0 Å². The normalized spacial score (nSPS) is 16.3. The molecule has 11 heteroatoms. The Morgan fingerprint density at radius 1 is 1.14 bits per heavy atom. The highest BCUT2D eigenvalue weighted by molar-refractivity contribution is 5.96. The summed E-state index contributed by atoms with van der Waals surface area (Å²) in [6.45, 7) is 6.77. The smallest absolute Gasteiger partial charge is 0.422 e. The Morgan fingerprint density at radius 3 is 2.48 bits per heavy atom. The molecule has 0 radical (unpaired) electrons. The predicted octanol–water partition coefficient (Wildman–Crippen LogP) is 6.05. The number of hydrogen-bond donors (Lipinski definition) is 2. The lowest BCUT2D eigenvalue weighted by atomic mass is 9.83. The van der Waals surface area contributed by atoms with Gasteiger partial charge in [0.2, 0.25) is 5.60 Å². The minimum Gasteiger partial charge on any atom is -0.493 e. The number of carbonyl (C=O) groups is 1. The number of methoxy groups -OCH3 is 1. The highest BCUT2D eigenvalue weighted by Crippen LogP contribution is 2.49. The molecule has 2 heterocycles. The van der Waals surface area contributed by atoms with E-state index in [4.69, 9.17) is 14.2 Å². The van der Waals surface area contributed by atoms with Gasteiger partial charge in [0.05, 0.1) is 25.5 Å². The number of pyridine rings is 1. The number of alkyl halides is 3. The zero-order valence-corrected chi connectivity index (χ0v) is 23.9. The quantitative estimate of drug-likeness (QED) is 0.219. The summed E-state index contributed by atoms with van der Waals surface area (Å²) in [5, 5.41) is 20.7. The molecule has 0 spiro atoms. The van der Waals surface area contributed by atoms with E-state index in [1.54, 1.807) is 13.8 Å². The molecule has 2 aromatic carbocycles. The lowest BCUT2D eigenvalue weighted by Gasteiger charge is -2.31. The van der Waals surface area contributed by atoms with Crippen LogP contribution in [0.4, 0.5) is 17.6 Å². The number of rotatable bonds is 10. The van der Waals surface area contributed by atoms with Crippen molar-refractivity contribution in [3.63, 3.8) is 0 Å². The van der Waals surface area contributed by atoms with E-state index in [-0.39, 0.29) is 47.3 Å². The molecule has 1 aromatic heterocycles. The van der Waals surface area contributed by atoms with E-state index < -0.39 is 53.4 Å². The first-order chi connectivity index (χ1) is 19.6. The van der Waals surface area contributed by atoms with E-state index in [1.807, 2.05) is 0 Å². The number of carbonyl (C=O) groups excluding carboxylic acids is 1. The van der Waals surface area contributed by atoms with Crippen LogP contribution in [0.2, 0.25) is 0 Å². The van der Waals surface area contributed by atoms with Crippen LogP contribution in [0.15, 0.2) is 42.5 Å². The van der Waals surface area contributed by atoms with Gasteiger partial charge >= 0.3 is 6.18 Å². The molecule has 1 aliphatic rings. The predicted molar refractivity (Wildman–Crippen MR) is 147 cm³/mol. The van der Waals surface area contributed by atoms with Gasteiger partial charge in [-0.05, 0) is 68.3 Å². The van der Waals surface area contributed by atoms with Crippen LogP contribution in [0.5, 0.6) is 17.2 Å². The third-order valence-electron chi connectivity index (χ3n) is 7.28. The first-order valence-corrected chi connectivity index (χ1v) is 13.3. The summed E-state index contributed by atoms with van der Waals surface area (Å²) in [5.74, 6) is -0.485. The zero-order chi connectivity index (χ0) is 31.0. The molecule has 226 valence electrons. The van der Waals surface area contributed by atoms with Crippen LogP contribution in [0.25, 0.3) is 11.3 Å². The first-order valence-electron chi connectivity index (χ1n) is 13.3. The Bertz CT molecular complexity index is 1490. The standard InChI is InChI=1S/C31H33F4NO6/c1-17-12-20(6-8-22(17)32)27-28-21(29(3,4)16-42-28)14-26(36-27)30(39,31(33,34)35)11-10-23(38)19-7-9-24(25(13-19)40-5)41-15-18(2)37/h6-9,12-14,18,37,39H,10-11,15-16H2,1-5H3. The van der Waals surface area contributed by atoms with Crippen LogP contribution in [-0.2, 0) is 11.0 Å². The fourth-order valence-electron chi connectivity index (χ4n) is 4.74. The van der Waals surface area contributed by atoms with Gasteiger partial charge < -0.3 is 24.4 Å². The van der Waals surface area contributed by atoms with E-state index in [2.05, 4.69) is 4.98 Å². The van der Waals surface area contributed by atoms with Crippen LogP contribution in [0.1, 0.15) is 60.8 Å². The maximum absolute atomic E-state index is 14.6. The van der Waals surface area contributed by atoms with Crippen molar-refractivity contribution in [3.05, 3.63) is 70.7 Å². The molecule has 4 rings (SSSR count). The van der Waals surface area contributed by atoms with Crippen molar-refractivity contribution in [1.82, 2.24) is 4.98 Å². The summed E-state index contributed by atoms with van der Waals surface area (Å²) in [6, 6.07) is 9.33. The van der Waals surface area contributed by atoms with Crippen molar-refractivity contribution < 1.29 is 46.8 Å². The summed E-state index contributed by atoms with van der Waals surface area (Å²) in [7, 11) is 1.34. The van der Waals surface area contributed by atoms with E-state index >= 15 is 0 Å². The molecular weight excluding hydrogens is 558 g/mol. The average molecular weight is 592 g/mol. The summed E-state index contributed by atoms with van der Waals surface area (Å²) in [5.41, 5.74) is -3.76. The molecule has 0 saturated carbocycles. The number of Topliss-reactive ketones (excluding diaryl/α,β-unsaturated/α-hetero) is 1. The molecule has 0 fully saturated rings. The molecule has 2 unspecified atom stereocenters. The van der Waals surface area contributed by atoms with E-state index in [1.165, 1.54) is 63.4 Å². The van der Waals surface area contributed by atoms with Crippen molar-refractivity contribution in [2.75, 3.05) is 20.3 Å². The van der Waals surface area contributed by atoms with E-state index in [0.29, 0.717) is 11.1 Å². The van der Waals surface area contributed by atoms with Gasteiger partial charge in [0.15, 0.2) is 17.3 Å². The van der Waals surface area contributed by atoms with Gasteiger partial charge in [0.1, 0.15) is 23.9 Å². The number of aliphatic hydroxyl groups excluding tert-OH is 1. The topological polar surface area (TPSA) is 98.1 Å². The highest BCUT2D eigenvalue weighted by Gasteiger charge is 2.56. The molecule has 1 aliphatic heterocycles. The number of aryl methyl sites for hydroxylation is 1. The monoisotopic (exact) mass is 591 g/mol. The summed E-state index contributed by atoms with van der Waals surface area (Å²) in [6.07, 6.45) is -7.62. The van der Waals surface area contributed by atoms with Crippen LogP contribution in [0.3, 0.4) is 0 Å². The second kappa shape index (κ2) is 11.5. The second-order valence-corrected chi connectivity index (χ2v) is 11.2. The number of ketones is 1. The Morgan fingerprint density at radius 2 is 1.86 bits per heavy atom. The third kappa shape index (κ3) is 6.07. The van der Waals surface area contributed by atoms with E-state index in [9.17, 15) is 32.6 Å². The van der Waals surface area contributed by atoms with Crippen LogP contribution < -0.4 is 14.2 Å². The number of aromatic nitrogens is 1. The molecule has 2 N–H and O–H groups in total. The largest absolute Gasteiger partial charge is 0.493 e. The van der Waals surface area contributed by atoms with Crippen molar-refractivity contribution in [1.29, 1.82) is 0 Å². The molecule has 7 nitrogen and oxygen atoms in total. The van der Waals surface area contributed by atoms with Crippen molar-refractivity contribution >= 4 is 5.78 Å². The molecule has 0 bridgehead atoms. The number of hydrogen-bond acceptors (Lipinski definition) is 7. The molecule has 42 heavy (non-hydrogen) atoms. The maximum Gasteiger partial charge on any atom is 0.422 e. The Balaban J connectivity index is 1.72. The number of halogens is 4. The van der Waals surface area contributed by atoms with Gasteiger partial charge in [0, 0.05) is 28.5 Å². The zero-order valence-electron chi connectivity index (χ0n) is 23.9. The van der Waals surface area contributed by atoms with Gasteiger partial charge in [-0.2, -0.15) is 13.2 Å². The average Bonchev–Trinajstić information content (AvgIpc) is 3.24. The highest BCUT2D eigenvalue weighted by atomic mass is 19.4. The maximum atomic E-state index is 14.6. The lowest BCUT2D eigenvalue weighted by Crippen LogP contribution is -2.43. The molecule has 0 saturated heterocycles. The van der Waals surface area contributed by atoms with Crippen LogP contribution in [0, 0.1) is 12.7 Å². The number of ether oxygens (including phenoxy) is 3. The SMILES string of the molecule is COc1cc(C(=O)CCC(O)(c2cc3c(c(-c4ccc(F)c(C)c4)n2)OCC3(C)C)C(F)(F)F)ccc1OCC(C)O. The molecular formula is C31H33F4NO6. The molecule has 3 aromatic rings. The minimum absolute atomic E-state index is 0.0304.